The van der Waals surface area contributed by atoms with Crippen LogP contribution < -0.4 is 5.32 Å². The Kier molecular flexibility index (Phi) is 5.29. The van der Waals surface area contributed by atoms with E-state index < -0.39 is 0 Å². The maximum atomic E-state index is 13.6. The topological polar surface area (TPSA) is 15.3 Å². The molecule has 2 rings (SSSR count). The highest BCUT2D eigenvalue weighted by Crippen LogP contribution is 2.25. The van der Waals surface area contributed by atoms with Gasteiger partial charge in [-0.2, -0.15) is 0 Å². The molecule has 0 spiro atoms. The lowest BCUT2D eigenvalue weighted by atomic mass is 9.90. The van der Waals surface area contributed by atoms with Crippen molar-refractivity contribution in [2.24, 2.45) is 5.92 Å². The lowest BCUT2D eigenvalue weighted by Gasteiger charge is -2.47. The van der Waals surface area contributed by atoms with E-state index in [9.17, 15) is 4.39 Å². The van der Waals surface area contributed by atoms with E-state index in [0.29, 0.717) is 12.0 Å². The summed E-state index contributed by atoms with van der Waals surface area (Å²) in [6.45, 7) is 11.7. The van der Waals surface area contributed by atoms with Gasteiger partial charge in [0.1, 0.15) is 5.82 Å². The van der Waals surface area contributed by atoms with Gasteiger partial charge in [-0.05, 0) is 37.5 Å². The molecule has 2 unspecified atom stereocenters. The van der Waals surface area contributed by atoms with Crippen molar-refractivity contribution in [1.82, 2.24) is 10.2 Å². The number of rotatable bonds is 4. The summed E-state index contributed by atoms with van der Waals surface area (Å²) in [7, 11) is 0. The maximum absolute atomic E-state index is 13.6. The van der Waals surface area contributed by atoms with Gasteiger partial charge in [-0.1, -0.05) is 37.9 Å². The molecule has 21 heavy (non-hydrogen) atoms. The van der Waals surface area contributed by atoms with Crippen molar-refractivity contribution >= 4 is 11.6 Å². The van der Waals surface area contributed by atoms with Crippen LogP contribution >= 0.6 is 11.6 Å². The van der Waals surface area contributed by atoms with Crippen molar-refractivity contribution in [3.8, 4) is 0 Å². The third-order valence-electron chi connectivity index (χ3n) is 4.76. The van der Waals surface area contributed by atoms with Crippen LogP contribution in [0, 0.1) is 11.7 Å². The van der Waals surface area contributed by atoms with Crippen molar-refractivity contribution in [1.29, 1.82) is 0 Å². The normalized spacial score (nSPS) is 24.0. The van der Waals surface area contributed by atoms with E-state index in [4.69, 9.17) is 11.6 Å². The zero-order valence-electron chi connectivity index (χ0n) is 13.4. The average molecular weight is 313 g/mol. The molecule has 2 atom stereocenters. The second-order valence-corrected chi connectivity index (χ2v) is 7.22. The second-order valence-electron chi connectivity index (χ2n) is 6.81. The van der Waals surface area contributed by atoms with Gasteiger partial charge in [-0.3, -0.25) is 4.90 Å². The largest absolute Gasteiger partial charge is 0.311 e. The van der Waals surface area contributed by atoms with Crippen LogP contribution in [0.2, 0.25) is 5.02 Å². The quantitative estimate of drug-likeness (QED) is 0.901. The van der Waals surface area contributed by atoms with Crippen molar-refractivity contribution in [2.45, 2.75) is 52.2 Å². The predicted molar refractivity (Wildman–Crippen MR) is 87.1 cm³/mol. The molecule has 1 heterocycles. The number of halogens is 2. The second kappa shape index (κ2) is 6.64. The summed E-state index contributed by atoms with van der Waals surface area (Å²) in [6.07, 6.45) is 1.17. The third-order valence-corrected chi connectivity index (χ3v) is 5.06. The van der Waals surface area contributed by atoms with Crippen LogP contribution in [-0.4, -0.2) is 29.6 Å². The smallest absolute Gasteiger partial charge is 0.142 e. The van der Waals surface area contributed by atoms with Crippen LogP contribution in [0.5, 0.6) is 0 Å². The molecule has 0 aliphatic carbocycles. The highest BCUT2D eigenvalue weighted by atomic mass is 35.5. The molecule has 0 bridgehead atoms. The molecular formula is C17H26ClFN2. The lowest BCUT2D eigenvalue weighted by Crippen LogP contribution is -2.62. The van der Waals surface area contributed by atoms with Crippen LogP contribution in [-0.2, 0) is 6.54 Å². The Labute approximate surface area is 132 Å². The van der Waals surface area contributed by atoms with E-state index in [1.807, 2.05) is 6.07 Å². The Hall–Kier alpha value is -0.640. The third kappa shape index (κ3) is 3.97. The van der Waals surface area contributed by atoms with E-state index in [1.165, 1.54) is 6.42 Å². The number of piperazine rings is 1. The minimum Gasteiger partial charge on any atom is -0.311 e. The van der Waals surface area contributed by atoms with Gasteiger partial charge in [0.2, 0.25) is 0 Å². The van der Waals surface area contributed by atoms with Gasteiger partial charge in [0.05, 0.1) is 5.02 Å². The number of nitrogens with one attached hydrogen (secondary N) is 1. The Morgan fingerprint density at radius 1 is 1.48 bits per heavy atom. The molecule has 0 aromatic heterocycles. The Bertz CT molecular complexity index is 490. The first kappa shape index (κ1) is 16.7. The fourth-order valence-corrected chi connectivity index (χ4v) is 2.96. The van der Waals surface area contributed by atoms with Crippen LogP contribution in [0.1, 0.15) is 39.7 Å². The molecule has 1 aromatic rings. The van der Waals surface area contributed by atoms with Crippen LogP contribution in [0.15, 0.2) is 18.2 Å². The minimum absolute atomic E-state index is 0.0695. The maximum Gasteiger partial charge on any atom is 0.142 e. The van der Waals surface area contributed by atoms with Crippen molar-refractivity contribution in [2.75, 3.05) is 13.1 Å². The summed E-state index contributed by atoms with van der Waals surface area (Å²) >= 11 is 5.76. The molecule has 0 amide bonds. The molecule has 1 aromatic carbocycles. The summed E-state index contributed by atoms with van der Waals surface area (Å²) in [5.41, 5.74) is 1.05. The lowest BCUT2D eigenvalue weighted by molar-refractivity contribution is 0.0448. The minimum atomic E-state index is -0.333. The van der Waals surface area contributed by atoms with Gasteiger partial charge in [-0.25, -0.2) is 4.39 Å². The SMILES string of the molecule is CCC(C)C1CN(Cc2ccc(Cl)c(F)c2)C(C)(C)CN1. The standard InChI is InChI=1S/C17H26ClFN2/c1-5-12(2)16-10-21(17(3,4)11-20-16)9-13-6-7-14(18)15(19)8-13/h6-8,12,16,20H,5,9-11H2,1-4H3. The molecule has 0 radical (unpaired) electrons. The molecule has 0 saturated carbocycles. The fraction of sp³-hybridized carbons (Fsp3) is 0.647. The van der Waals surface area contributed by atoms with Gasteiger partial charge in [0.15, 0.2) is 0 Å². The summed E-state index contributed by atoms with van der Waals surface area (Å²) in [5, 5.41) is 3.85. The monoisotopic (exact) mass is 312 g/mol. The summed E-state index contributed by atoms with van der Waals surface area (Å²) in [5.74, 6) is 0.311. The summed E-state index contributed by atoms with van der Waals surface area (Å²) < 4.78 is 13.6. The predicted octanol–water partition coefficient (Wildman–Crippen LogP) is 4.08. The fourth-order valence-electron chi connectivity index (χ4n) is 2.84. The highest BCUT2D eigenvalue weighted by molar-refractivity contribution is 6.30. The Morgan fingerprint density at radius 3 is 2.81 bits per heavy atom. The van der Waals surface area contributed by atoms with Gasteiger partial charge >= 0.3 is 0 Å². The van der Waals surface area contributed by atoms with Gasteiger partial charge in [-0.15, -0.1) is 0 Å². The number of hydrogen-bond donors (Lipinski definition) is 1. The van der Waals surface area contributed by atoms with E-state index in [-0.39, 0.29) is 16.4 Å². The molecule has 4 heteroatoms. The number of nitrogens with zero attached hydrogens (tertiary/aromatic N) is 1. The van der Waals surface area contributed by atoms with Crippen molar-refractivity contribution in [3.05, 3.63) is 34.6 Å². The first-order chi connectivity index (χ1) is 9.83. The first-order valence-corrected chi connectivity index (χ1v) is 8.13. The summed E-state index contributed by atoms with van der Waals surface area (Å²) in [6, 6.07) is 5.62. The Balaban J connectivity index is 2.12. The van der Waals surface area contributed by atoms with Gasteiger partial charge in [0.25, 0.3) is 0 Å². The van der Waals surface area contributed by atoms with Gasteiger partial charge < -0.3 is 5.32 Å². The highest BCUT2D eigenvalue weighted by Gasteiger charge is 2.35. The van der Waals surface area contributed by atoms with Crippen molar-refractivity contribution in [3.63, 3.8) is 0 Å². The molecule has 1 aliphatic rings. The molecule has 1 N–H and O–H groups in total. The molecular weight excluding hydrogens is 287 g/mol. The number of benzene rings is 1. The van der Waals surface area contributed by atoms with Gasteiger partial charge in [0, 0.05) is 31.2 Å². The van der Waals surface area contributed by atoms with Crippen LogP contribution in [0.25, 0.3) is 0 Å². The molecule has 118 valence electrons. The number of hydrogen-bond acceptors (Lipinski definition) is 2. The van der Waals surface area contributed by atoms with E-state index >= 15 is 0 Å². The first-order valence-electron chi connectivity index (χ1n) is 7.76. The Morgan fingerprint density at radius 2 is 2.19 bits per heavy atom. The van der Waals surface area contributed by atoms with E-state index in [0.717, 1.165) is 25.2 Å². The molecule has 2 nitrogen and oxygen atoms in total. The van der Waals surface area contributed by atoms with Crippen LogP contribution in [0.4, 0.5) is 4.39 Å². The average Bonchev–Trinajstić information content (AvgIpc) is 2.44. The zero-order valence-corrected chi connectivity index (χ0v) is 14.2. The zero-order chi connectivity index (χ0) is 15.6. The molecule has 1 fully saturated rings. The summed E-state index contributed by atoms with van der Waals surface area (Å²) in [4.78, 5) is 2.45. The van der Waals surface area contributed by atoms with E-state index in [1.54, 1.807) is 12.1 Å². The van der Waals surface area contributed by atoms with E-state index in [2.05, 4.69) is 37.9 Å². The molecule has 1 aliphatic heterocycles. The molecule has 1 saturated heterocycles. The van der Waals surface area contributed by atoms with Crippen LogP contribution in [0.3, 0.4) is 0 Å². The van der Waals surface area contributed by atoms with Crippen molar-refractivity contribution < 1.29 is 4.39 Å².